The normalized spacial score (nSPS) is 21.4. The van der Waals surface area contributed by atoms with Crippen LogP contribution in [0.2, 0.25) is 0 Å². The van der Waals surface area contributed by atoms with E-state index in [0.717, 1.165) is 129 Å². The summed E-state index contributed by atoms with van der Waals surface area (Å²) in [6, 6.07) is 18.8. The summed E-state index contributed by atoms with van der Waals surface area (Å²) in [5.41, 5.74) is 2.74. The molecule has 0 unspecified atom stereocenters. The molecule has 4 aliphatic rings. The van der Waals surface area contributed by atoms with Gasteiger partial charge >= 0.3 is 6.03 Å². The van der Waals surface area contributed by atoms with Crippen molar-refractivity contribution < 1.29 is 28.5 Å². The third kappa shape index (κ3) is 15.6. The van der Waals surface area contributed by atoms with Gasteiger partial charge in [0.25, 0.3) is 0 Å². The molecule has 0 spiro atoms. The van der Waals surface area contributed by atoms with Crippen LogP contribution in [-0.4, -0.2) is 221 Å². The standard InChI is InChI=1S/C25H42N4O3.C25H43N3O3/c1-26(2)22-11-15-29(19-22)14-6-16-32-23-9-7-21(8-10-23)25(12-17-31-18-13-25)20-28(5)24(30)27(3)4;1-26(2)23-10-14-28(20-23)13-5-16-31-24-8-6-22(7-9-24)25(11-17-30-18-12-25)21-27(3)15-19-29-4/h7-10,22H,6,11-20H2,1-5H3;6-9,23H,5,10-21H2,1-4H3/t22-;23-/m11/s1. The van der Waals surface area contributed by atoms with E-state index in [4.69, 9.17) is 23.7 Å². The molecule has 0 aliphatic carbocycles. The zero-order chi connectivity index (χ0) is 45.2. The summed E-state index contributed by atoms with van der Waals surface area (Å²) in [7, 11) is 18.1. The summed E-state index contributed by atoms with van der Waals surface area (Å²) >= 11 is 0. The van der Waals surface area contributed by atoms with E-state index in [1.165, 1.54) is 43.6 Å². The van der Waals surface area contributed by atoms with Crippen LogP contribution >= 0.6 is 0 Å². The number of likely N-dealkylation sites (tertiary alicyclic amines) is 2. The van der Waals surface area contributed by atoms with E-state index in [-0.39, 0.29) is 16.9 Å². The minimum Gasteiger partial charge on any atom is -0.494 e. The summed E-state index contributed by atoms with van der Waals surface area (Å²) in [5, 5.41) is 0. The first-order valence-corrected chi connectivity index (χ1v) is 23.8. The number of carbonyl (C=O) groups is 1. The zero-order valence-corrected chi connectivity index (χ0v) is 40.8. The highest BCUT2D eigenvalue weighted by atomic mass is 16.5. The molecule has 2 aromatic carbocycles. The molecule has 13 nitrogen and oxygen atoms in total. The molecule has 0 radical (unpaired) electrons. The van der Waals surface area contributed by atoms with E-state index in [2.05, 4.69) is 108 Å². The predicted molar refractivity (Wildman–Crippen MR) is 255 cm³/mol. The van der Waals surface area contributed by atoms with Crippen molar-refractivity contribution in [2.75, 3.05) is 169 Å². The number of hydrogen-bond acceptors (Lipinski definition) is 11. The van der Waals surface area contributed by atoms with Crippen molar-refractivity contribution >= 4 is 6.03 Å². The Balaban J connectivity index is 0.000000238. The van der Waals surface area contributed by atoms with Gasteiger partial charge in [0, 0.05) is 123 Å². The molecule has 0 bridgehead atoms. The van der Waals surface area contributed by atoms with E-state index in [0.29, 0.717) is 18.6 Å². The molecular weight excluding hydrogens is 795 g/mol. The maximum atomic E-state index is 12.4. The molecule has 0 N–H and O–H groups in total. The first kappa shape index (κ1) is 51.0. The lowest BCUT2D eigenvalue weighted by Crippen LogP contribution is -2.47. The fraction of sp³-hybridized carbons (Fsp3) is 0.740. The molecule has 63 heavy (non-hydrogen) atoms. The molecule has 356 valence electrons. The van der Waals surface area contributed by atoms with Crippen LogP contribution in [0.1, 0.15) is 62.5 Å². The molecule has 4 heterocycles. The van der Waals surface area contributed by atoms with Crippen LogP contribution in [0.3, 0.4) is 0 Å². The van der Waals surface area contributed by atoms with Crippen molar-refractivity contribution in [2.24, 2.45) is 0 Å². The molecule has 6 rings (SSSR count). The van der Waals surface area contributed by atoms with Gasteiger partial charge in [-0.05, 0) is 135 Å². The summed E-state index contributed by atoms with van der Waals surface area (Å²) in [5.74, 6) is 1.90. The molecule has 13 heteroatoms. The van der Waals surface area contributed by atoms with Crippen molar-refractivity contribution in [3.05, 3.63) is 59.7 Å². The third-order valence-electron chi connectivity index (χ3n) is 14.1. The summed E-state index contributed by atoms with van der Waals surface area (Å²) < 4.78 is 28.7. The summed E-state index contributed by atoms with van der Waals surface area (Å²) in [4.78, 5) is 28.1. The van der Waals surface area contributed by atoms with Crippen LogP contribution < -0.4 is 9.47 Å². The SMILES string of the molecule is CN(C)C(=O)N(C)CC1(c2ccc(OCCCN3CC[C@@H](N(C)C)C3)cc2)CCOCC1.COCCN(C)CC1(c2ccc(OCCCN3CC[C@@H](N(C)C)C3)cc2)CCOCC1. The van der Waals surface area contributed by atoms with Crippen LogP contribution in [-0.2, 0) is 25.0 Å². The predicted octanol–water partition coefficient (Wildman–Crippen LogP) is 5.47. The van der Waals surface area contributed by atoms with Gasteiger partial charge in [-0.2, -0.15) is 0 Å². The molecule has 2 atom stereocenters. The second-order valence-electron chi connectivity index (χ2n) is 19.4. The number of amides is 2. The van der Waals surface area contributed by atoms with E-state index in [9.17, 15) is 4.79 Å². The minimum atomic E-state index is -0.0735. The third-order valence-corrected chi connectivity index (χ3v) is 14.1. The molecule has 2 amide bonds. The van der Waals surface area contributed by atoms with Gasteiger partial charge < -0.3 is 58.0 Å². The van der Waals surface area contributed by atoms with Crippen molar-refractivity contribution in [3.8, 4) is 11.5 Å². The Morgan fingerprint density at radius 1 is 0.635 bits per heavy atom. The average molecular weight is 880 g/mol. The Morgan fingerprint density at radius 3 is 1.44 bits per heavy atom. The molecule has 0 aromatic heterocycles. The van der Waals surface area contributed by atoms with Crippen LogP contribution in [0, 0.1) is 0 Å². The number of hydrogen-bond donors (Lipinski definition) is 0. The average Bonchev–Trinajstić information content (AvgIpc) is 3.98. The van der Waals surface area contributed by atoms with Gasteiger partial charge in [-0.3, -0.25) is 0 Å². The lowest BCUT2D eigenvalue weighted by atomic mass is 9.73. The Kier molecular flexibility index (Phi) is 20.7. The van der Waals surface area contributed by atoms with Crippen molar-refractivity contribution in [1.82, 2.24) is 34.3 Å². The van der Waals surface area contributed by atoms with E-state index in [1.54, 1.807) is 26.1 Å². The monoisotopic (exact) mass is 880 g/mol. The van der Waals surface area contributed by atoms with Crippen molar-refractivity contribution in [2.45, 2.75) is 74.3 Å². The maximum Gasteiger partial charge on any atom is 0.319 e. The van der Waals surface area contributed by atoms with Gasteiger partial charge in [0.15, 0.2) is 0 Å². The number of carbonyl (C=O) groups excluding carboxylic acids is 1. The quantitative estimate of drug-likeness (QED) is 0.150. The molecule has 4 aliphatic heterocycles. The van der Waals surface area contributed by atoms with Crippen molar-refractivity contribution in [1.29, 1.82) is 0 Å². The fourth-order valence-electron chi connectivity index (χ4n) is 9.95. The Bertz CT molecular complexity index is 1580. The Labute approximate surface area is 381 Å². The second kappa shape index (κ2) is 25.6. The molecular formula is C50H85N7O6. The highest BCUT2D eigenvalue weighted by molar-refractivity contribution is 5.73. The van der Waals surface area contributed by atoms with Gasteiger partial charge in [-0.1, -0.05) is 24.3 Å². The molecule has 4 saturated heterocycles. The number of nitrogens with zero attached hydrogens (tertiary/aromatic N) is 7. The Hall–Kier alpha value is -3.01. The lowest BCUT2D eigenvalue weighted by Gasteiger charge is -2.41. The van der Waals surface area contributed by atoms with Gasteiger partial charge in [-0.25, -0.2) is 4.79 Å². The summed E-state index contributed by atoms with van der Waals surface area (Å²) in [6.07, 6.45) is 8.63. The van der Waals surface area contributed by atoms with E-state index in [1.807, 2.05) is 11.9 Å². The Morgan fingerprint density at radius 2 is 1.06 bits per heavy atom. The van der Waals surface area contributed by atoms with E-state index < -0.39 is 0 Å². The van der Waals surface area contributed by atoms with Gasteiger partial charge in [-0.15, -0.1) is 0 Å². The molecule has 0 saturated carbocycles. The van der Waals surface area contributed by atoms with Gasteiger partial charge in [0.1, 0.15) is 11.5 Å². The number of rotatable bonds is 21. The highest BCUT2D eigenvalue weighted by Crippen LogP contribution is 2.38. The van der Waals surface area contributed by atoms with Crippen LogP contribution in [0.4, 0.5) is 4.79 Å². The second-order valence-corrected chi connectivity index (χ2v) is 19.4. The first-order valence-electron chi connectivity index (χ1n) is 23.8. The smallest absolute Gasteiger partial charge is 0.319 e. The first-order chi connectivity index (χ1) is 30.3. The lowest BCUT2D eigenvalue weighted by molar-refractivity contribution is 0.0341. The molecule has 2 aromatic rings. The molecule has 4 fully saturated rings. The van der Waals surface area contributed by atoms with Crippen LogP contribution in [0.15, 0.2) is 48.5 Å². The largest absolute Gasteiger partial charge is 0.494 e. The van der Waals surface area contributed by atoms with Crippen molar-refractivity contribution in [3.63, 3.8) is 0 Å². The van der Waals surface area contributed by atoms with Crippen LogP contribution in [0.25, 0.3) is 0 Å². The minimum absolute atomic E-state index is 0.0331. The van der Waals surface area contributed by atoms with Gasteiger partial charge in [0.05, 0.1) is 19.8 Å². The number of methoxy groups -OCH3 is 1. The maximum absolute atomic E-state index is 12.4. The highest BCUT2D eigenvalue weighted by Gasteiger charge is 2.38. The van der Waals surface area contributed by atoms with Gasteiger partial charge in [0.2, 0.25) is 0 Å². The summed E-state index contributed by atoms with van der Waals surface area (Å²) in [6.45, 7) is 15.1. The topological polar surface area (TPSA) is 85.9 Å². The number of benzene rings is 2. The van der Waals surface area contributed by atoms with E-state index >= 15 is 0 Å². The van der Waals surface area contributed by atoms with Crippen LogP contribution in [0.5, 0.6) is 11.5 Å². The fourth-order valence-corrected chi connectivity index (χ4v) is 9.95. The number of likely N-dealkylation sites (N-methyl/N-ethyl adjacent to an activating group) is 4. The zero-order valence-electron chi connectivity index (χ0n) is 40.8. The number of urea groups is 1. The number of ether oxygens (including phenoxy) is 5.